The van der Waals surface area contributed by atoms with Crippen molar-refractivity contribution < 1.29 is 9.59 Å². The van der Waals surface area contributed by atoms with E-state index in [1.54, 1.807) is 21.1 Å². The number of fused-ring (bicyclic) bond motifs is 2. The number of carbonyl (C=O) groups excluding carboxylic acids is 2. The van der Waals surface area contributed by atoms with Crippen LogP contribution in [0.3, 0.4) is 0 Å². The highest BCUT2D eigenvalue weighted by molar-refractivity contribution is 7.18. The van der Waals surface area contributed by atoms with Crippen molar-refractivity contribution in [3.63, 3.8) is 0 Å². The van der Waals surface area contributed by atoms with E-state index in [4.69, 9.17) is 0 Å². The Balaban J connectivity index is 1.63. The van der Waals surface area contributed by atoms with Gasteiger partial charge in [-0.05, 0) is 31.9 Å². The fraction of sp³-hybridized carbons (Fsp3) is 0.438. The number of hydrogen-bond acceptors (Lipinski definition) is 4. The molecule has 0 spiro atoms. The number of amides is 2. The smallest absolute Gasteiger partial charge is 0.246 e. The van der Waals surface area contributed by atoms with Crippen LogP contribution in [0.15, 0.2) is 24.3 Å². The normalized spacial score (nSPS) is 25.1. The van der Waals surface area contributed by atoms with Crippen LogP contribution in [-0.4, -0.2) is 45.2 Å². The Morgan fingerprint density at radius 3 is 2.91 bits per heavy atom. The first-order chi connectivity index (χ1) is 10.6. The molecule has 1 aromatic carbocycles. The monoisotopic (exact) mass is 315 g/mol. The molecule has 2 aliphatic rings. The molecule has 0 aliphatic carbocycles. The van der Waals surface area contributed by atoms with Crippen molar-refractivity contribution in [2.75, 3.05) is 6.54 Å². The third kappa shape index (κ3) is 2.01. The van der Waals surface area contributed by atoms with Crippen molar-refractivity contribution in [3.8, 4) is 0 Å². The molecule has 2 amide bonds. The first-order valence-electron chi connectivity index (χ1n) is 7.60. The van der Waals surface area contributed by atoms with E-state index in [2.05, 4.69) is 4.98 Å². The minimum atomic E-state index is -0.395. The quantitative estimate of drug-likeness (QED) is 0.852. The summed E-state index contributed by atoms with van der Waals surface area (Å²) in [4.78, 5) is 33.2. The van der Waals surface area contributed by atoms with Crippen LogP contribution in [0.25, 0.3) is 10.2 Å². The molecule has 2 fully saturated rings. The van der Waals surface area contributed by atoms with Gasteiger partial charge in [-0.2, -0.15) is 0 Å². The number of carbonyl (C=O) groups is 2. The molecule has 22 heavy (non-hydrogen) atoms. The number of thiazole rings is 1. The molecule has 4 rings (SSSR count). The summed E-state index contributed by atoms with van der Waals surface area (Å²) < 4.78 is 1.11. The summed E-state index contributed by atoms with van der Waals surface area (Å²) in [5.41, 5.74) is 0.952. The Labute approximate surface area is 132 Å². The number of piperazine rings is 1. The molecule has 0 radical (unpaired) electrons. The van der Waals surface area contributed by atoms with Gasteiger partial charge in [0.05, 0.1) is 16.8 Å². The van der Waals surface area contributed by atoms with Gasteiger partial charge in [-0.25, -0.2) is 4.98 Å². The lowest BCUT2D eigenvalue weighted by atomic mass is 10.1. The standard InChI is InChI=1S/C16H17N3O2S/c1-10-15(20)18-8-4-6-12(18)16(21)19(10)9-14-17-11-5-2-3-7-13(11)22-14/h2-3,5,7,10,12H,4,6,8-9H2,1H3/t10-,12+/m0/s1. The Kier molecular flexibility index (Phi) is 3.14. The van der Waals surface area contributed by atoms with Gasteiger partial charge in [-0.15, -0.1) is 11.3 Å². The van der Waals surface area contributed by atoms with Crippen molar-refractivity contribution in [1.29, 1.82) is 0 Å². The molecule has 1 aromatic heterocycles. The zero-order valence-corrected chi connectivity index (χ0v) is 13.2. The van der Waals surface area contributed by atoms with Gasteiger partial charge in [0.25, 0.3) is 0 Å². The zero-order chi connectivity index (χ0) is 15.3. The molecule has 5 nitrogen and oxygen atoms in total. The van der Waals surface area contributed by atoms with E-state index in [0.29, 0.717) is 13.1 Å². The molecular formula is C16H17N3O2S. The Morgan fingerprint density at radius 1 is 1.27 bits per heavy atom. The minimum Gasteiger partial charge on any atom is -0.329 e. The average Bonchev–Trinajstić information content (AvgIpc) is 3.15. The molecule has 0 bridgehead atoms. The molecule has 2 saturated heterocycles. The average molecular weight is 315 g/mol. The summed E-state index contributed by atoms with van der Waals surface area (Å²) in [7, 11) is 0. The lowest BCUT2D eigenvalue weighted by Gasteiger charge is -2.40. The molecular weight excluding hydrogens is 298 g/mol. The van der Waals surface area contributed by atoms with Crippen LogP contribution in [0.1, 0.15) is 24.8 Å². The van der Waals surface area contributed by atoms with Crippen molar-refractivity contribution in [1.82, 2.24) is 14.8 Å². The highest BCUT2D eigenvalue weighted by atomic mass is 32.1. The first-order valence-corrected chi connectivity index (χ1v) is 8.42. The first kappa shape index (κ1) is 13.7. The number of benzene rings is 1. The number of para-hydroxylation sites is 1. The zero-order valence-electron chi connectivity index (χ0n) is 12.4. The third-order valence-corrected chi connectivity index (χ3v) is 5.59. The topological polar surface area (TPSA) is 53.5 Å². The number of hydrogen-bond donors (Lipinski definition) is 0. The van der Waals surface area contributed by atoms with Gasteiger partial charge in [0.1, 0.15) is 17.1 Å². The van der Waals surface area contributed by atoms with Crippen molar-refractivity contribution >= 4 is 33.4 Å². The summed E-state index contributed by atoms with van der Waals surface area (Å²) in [5, 5.41) is 0.889. The van der Waals surface area contributed by atoms with Gasteiger partial charge >= 0.3 is 0 Å². The summed E-state index contributed by atoms with van der Waals surface area (Å²) in [6.07, 6.45) is 1.71. The van der Waals surface area contributed by atoms with Crippen LogP contribution < -0.4 is 0 Å². The molecule has 2 aliphatic heterocycles. The van der Waals surface area contributed by atoms with Crippen molar-refractivity contribution in [2.24, 2.45) is 0 Å². The molecule has 2 aromatic rings. The minimum absolute atomic E-state index is 0.0724. The van der Waals surface area contributed by atoms with E-state index < -0.39 is 6.04 Å². The molecule has 0 saturated carbocycles. The third-order valence-electron chi connectivity index (χ3n) is 4.57. The highest BCUT2D eigenvalue weighted by Crippen LogP contribution is 2.29. The molecule has 114 valence electrons. The summed E-state index contributed by atoms with van der Waals surface area (Å²) >= 11 is 1.59. The largest absolute Gasteiger partial charge is 0.329 e. The second-order valence-electron chi connectivity index (χ2n) is 5.91. The molecule has 0 N–H and O–H groups in total. The van der Waals surface area contributed by atoms with Crippen LogP contribution in [0.2, 0.25) is 0 Å². The van der Waals surface area contributed by atoms with Crippen LogP contribution in [0, 0.1) is 0 Å². The summed E-state index contributed by atoms with van der Waals surface area (Å²) in [6.45, 7) is 2.96. The molecule has 6 heteroatoms. The maximum Gasteiger partial charge on any atom is 0.246 e. The van der Waals surface area contributed by atoms with Gasteiger partial charge in [-0.3, -0.25) is 9.59 Å². The van der Waals surface area contributed by atoms with Gasteiger partial charge in [0, 0.05) is 6.54 Å². The predicted octanol–water partition coefficient (Wildman–Crippen LogP) is 2.02. The molecule has 2 atom stereocenters. The van der Waals surface area contributed by atoms with Crippen LogP contribution in [0.4, 0.5) is 0 Å². The maximum absolute atomic E-state index is 12.7. The Bertz CT molecular complexity index is 724. The van der Waals surface area contributed by atoms with E-state index >= 15 is 0 Å². The summed E-state index contributed by atoms with van der Waals surface area (Å²) in [6, 6.07) is 7.30. The lowest BCUT2D eigenvalue weighted by molar-refractivity contribution is -0.159. The second-order valence-corrected chi connectivity index (χ2v) is 7.02. The van der Waals surface area contributed by atoms with Gasteiger partial charge in [0.2, 0.25) is 11.8 Å². The number of nitrogens with zero attached hydrogens (tertiary/aromatic N) is 3. The molecule has 3 heterocycles. The van der Waals surface area contributed by atoms with E-state index in [1.165, 1.54) is 0 Å². The van der Waals surface area contributed by atoms with Crippen molar-refractivity contribution in [2.45, 2.75) is 38.4 Å². The highest BCUT2D eigenvalue weighted by Gasteiger charge is 2.46. The van der Waals surface area contributed by atoms with E-state index in [-0.39, 0.29) is 17.9 Å². The predicted molar refractivity (Wildman–Crippen MR) is 84.4 cm³/mol. The Morgan fingerprint density at radius 2 is 2.09 bits per heavy atom. The lowest BCUT2D eigenvalue weighted by Crippen LogP contribution is -2.61. The van der Waals surface area contributed by atoms with E-state index in [1.807, 2.05) is 31.2 Å². The van der Waals surface area contributed by atoms with E-state index in [0.717, 1.165) is 28.1 Å². The fourth-order valence-electron chi connectivity index (χ4n) is 3.39. The van der Waals surface area contributed by atoms with Gasteiger partial charge < -0.3 is 9.80 Å². The van der Waals surface area contributed by atoms with Crippen LogP contribution in [0.5, 0.6) is 0 Å². The number of rotatable bonds is 2. The molecule has 0 unspecified atom stereocenters. The van der Waals surface area contributed by atoms with Gasteiger partial charge in [-0.1, -0.05) is 12.1 Å². The van der Waals surface area contributed by atoms with Crippen LogP contribution >= 0.6 is 11.3 Å². The van der Waals surface area contributed by atoms with E-state index in [9.17, 15) is 9.59 Å². The maximum atomic E-state index is 12.7. The van der Waals surface area contributed by atoms with Gasteiger partial charge in [0.15, 0.2) is 0 Å². The SMILES string of the molecule is C[C@H]1C(=O)N2CCC[C@@H]2C(=O)N1Cc1nc2ccccc2s1. The van der Waals surface area contributed by atoms with Crippen molar-refractivity contribution in [3.05, 3.63) is 29.3 Å². The second kappa shape index (κ2) is 5.05. The fourth-order valence-corrected chi connectivity index (χ4v) is 4.36. The Hall–Kier alpha value is -1.95. The summed E-state index contributed by atoms with van der Waals surface area (Å²) in [5.74, 6) is 0.145. The number of aromatic nitrogens is 1. The van der Waals surface area contributed by atoms with Crippen LogP contribution in [-0.2, 0) is 16.1 Å².